The molecular weight excluding hydrogens is 294 g/mol. The van der Waals surface area contributed by atoms with E-state index in [0.717, 1.165) is 17.0 Å². The molecule has 2 N–H and O–H groups in total. The van der Waals surface area contributed by atoms with Crippen LogP contribution in [-0.2, 0) is 6.54 Å². The van der Waals surface area contributed by atoms with Gasteiger partial charge in [0.15, 0.2) is 0 Å². The predicted molar refractivity (Wildman–Crippen MR) is 89.2 cm³/mol. The smallest absolute Gasteiger partial charge is 0.336 e. The Morgan fingerprint density at radius 2 is 1.91 bits per heavy atom. The van der Waals surface area contributed by atoms with E-state index in [1.165, 1.54) is 6.07 Å². The summed E-state index contributed by atoms with van der Waals surface area (Å²) in [6.07, 6.45) is 0. The van der Waals surface area contributed by atoms with Gasteiger partial charge in [0.2, 0.25) is 0 Å². The summed E-state index contributed by atoms with van der Waals surface area (Å²) in [5.41, 5.74) is 2.40. The van der Waals surface area contributed by atoms with E-state index in [1.54, 1.807) is 26.2 Å². The van der Waals surface area contributed by atoms with Gasteiger partial charge in [-0.3, -0.25) is 0 Å². The second-order valence-electron chi connectivity index (χ2n) is 5.31. The first-order valence-corrected chi connectivity index (χ1v) is 7.21. The molecule has 2 aromatic carbocycles. The van der Waals surface area contributed by atoms with Crippen LogP contribution in [0.25, 0.3) is 11.0 Å². The second kappa shape index (κ2) is 6.04. The lowest BCUT2D eigenvalue weighted by molar-refractivity contribution is 0.415. The third-order valence-electron chi connectivity index (χ3n) is 3.72. The van der Waals surface area contributed by atoms with E-state index < -0.39 is 5.63 Å². The summed E-state index contributed by atoms with van der Waals surface area (Å²) in [5.74, 6) is 0.957. The number of ether oxygens (including phenoxy) is 1. The quantitative estimate of drug-likeness (QED) is 0.722. The zero-order chi connectivity index (χ0) is 16.4. The Morgan fingerprint density at radius 3 is 2.61 bits per heavy atom. The minimum Gasteiger partial charge on any atom is -0.508 e. The van der Waals surface area contributed by atoms with Crippen LogP contribution in [-0.4, -0.2) is 12.2 Å². The van der Waals surface area contributed by atoms with Crippen LogP contribution in [0.1, 0.15) is 11.1 Å². The molecule has 5 nitrogen and oxygen atoms in total. The van der Waals surface area contributed by atoms with Gasteiger partial charge < -0.3 is 19.6 Å². The summed E-state index contributed by atoms with van der Waals surface area (Å²) in [7, 11) is 1.62. The Kier molecular flexibility index (Phi) is 3.93. The lowest BCUT2D eigenvalue weighted by Crippen LogP contribution is -2.06. The van der Waals surface area contributed by atoms with Crippen LogP contribution in [0.3, 0.4) is 0 Å². The molecule has 0 aliphatic carbocycles. The van der Waals surface area contributed by atoms with Gasteiger partial charge in [0.1, 0.15) is 17.1 Å². The molecule has 3 aromatic rings. The van der Waals surface area contributed by atoms with Crippen molar-refractivity contribution in [3.05, 3.63) is 64.0 Å². The Balaban J connectivity index is 1.92. The molecule has 0 saturated carbocycles. The van der Waals surface area contributed by atoms with Gasteiger partial charge in [-0.15, -0.1) is 0 Å². The third kappa shape index (κ3) is 3.13. The van der Waals surface area contributed by atoms with Crippen molar-refractivity contribution in [3.8, 4) is 11.5 Å². The van der Waals surface area contributed by atoms with E-state index in [1.807, 2.05) is 24.3 Å². The highest BCUT2D eigenvalue weighted by atomic mass is 16.5. The Hall–Kier alpha value is -2.95. The third-order valence-corrected chi connectivity index (χ3v) is 3.72. The number of phenolic OH excluding ortho intramolecular Hbond substituents is 1. The molecule has 0 atom stereocenters. The number of hydrogen-bond acceptors (Lipinski definition) is 5. The number of benzene rings is 2. The first-order valence-electron chi connectivity index (χ1n) is 7.21. The molecule has 0 saturated heterocycles. The number of aryl methyl sites for hydroxylation is 1. The summed E-state index contributed by atoms with van der Waals surface area (Å²) in [5, 5.41) is 13.9. The molecular formula is C18H17NO4. The van der Waals surface area contributed by atoms with Crippen molar-refractivity contribution in [3.63, 3.8) is 0 Å². The molecule has 5 heteroatoms. The van der Waals surface area contributed by atoms with Crippen LogP contribution in [0.5, 0.6) is 11.5 Å². The molecule has 0 aliphatic heterocycles. The number of aromatic hydroxyl groups is 1. The normalized spacial score (nSPS) is 10.7. The van der Waals surface area contributed by atoms with Crippen LogP contribution in [0.15, 0.2) is 51.7 Å². The highest BCUT2D eigenvalue weighted by Crippen LogP contribution is 2.26. The summed E-state index contributed by atoms with van der Waals surface area (Å²) in [4.78, 5) is 11.7. The summed E-state index contributed by atoms with van der Waals surface area (Å²) in [6.45, 7) is 2.20. The molecule has 23 heavy (non-hydrogen) atoms. The van der Waals surface area contributed by atoms with Gasteiger partial charge in [0.05, 0.1) is 7.11 Å². The fourth-order valence-corrected chi connectivity index (χ4v) is 2.42. The second-order valence-corrected chi connectivity index (χ2v) is 5.31. The fourth-order valence-electron chi connectivity index (χ4n) is 2.42. The van der Waals surface area contributed by atoms with E-state index >= 15 is 0 Å². The number of phenols is 1. The molecule has 0 unspecified atom stereocenters. The van der Waals surface area contributed by atoms with Gasteiger partial charge in [-0.1, -0.05) is 0 Å². The van der Waals surface area contributed by atoms with E-state index in [9.17, 15) is 9.90 Å². The van der Waals surface area contributed by atoms with E-state index in [4.69, 9.17) is 9.15 Å². The number of hydrogen-bond donors (Lipinski definition) is 2. The standard InChI is InChI=1S/C18H17NO4/c1-11-7-17-15(9-16(11)20)12(8-18(21)23-17)10-19-13-3-5-14(22-2)6-4-13/h3-9,19-20H,10H2,1-2H3. The monoisotopic (exact) mass is 311 g/mol. The van der Waals surface area contributed by atoms with Crippen LogP contribution in [0.4, 0.5) is 5.69 Å². The molecule has 0 amide bonds. The molecule has 118 valence electrons. The molecule has 0 fully saturated rings. The van der Waals surface area contributed by atoms with Gasteiger partial charge in [-0.25, -0.2) is 4.79 Å². The van der Waals surface area contributed by atoms with Crippen molar-refractivity contribution < 1.29 is 14.3 Å². The molecule has 3 rings (SSSR count). The number of rotatable bonds is 4. The highest BCUT2D eigenvalue weighted by molar-refractivity contribution is 5.83. The zero-order valence-corrected chi connectivity index (χ0v) is 12.9. The first-order chi connectivity index (χ1) is 11.1. The number of anilines is 1. The largest absolute Gasteiger partial charge is 0.508 e. The Morgan fingerprint density at radius 1 is 1.17 bits per heavy atom. The van der Waals surface area contributed by atoms with Gasteiger partial charge in [-0.05, 0) is 54.4 Å². The van der Waals surface area contributed by atoms with E-state index in [-0.39, 0.29) is 5.75 Å². The van der Waals surface area contributed by atoms with Crippen molar-refractivity contribution in [2.24, 2.45) is 0 Å². The maximum absolute atomic E-state index is 11.7. The number of methoxy groups -OCH3 is 1. The molecule has 0 bridgehead atoms. The van der Waals surface area contributed by atoms with Gasteiger partial charge in [0.25, 0.3) is 0 Å². The zero-order valence-electron chi connectivity index (χ0n) is 12.9. The number of nitrogens with one attached hydrogen (secondary N) is 1. The lowest BCUT2D eigenvalue weighted by atomic mass is 10.1. The maximum Gasteiger partial charge on any atom is 0.336 e. The van der Waals surface area contributed by atoms with Crippen molar-refractivity contribution in [1.82, 2.24) is 0 Å². The average molecular weight is 311 g/mol. The van der Waals surface area contributed by atoms with E-state index in [2.05, 4.69) is 5.32 Å². The fraction of sp³-hybridized carbons (Fsp3) is 0.167. The average Bonchev–Trinajstić information content (AvgIpc) is 2.55. The molecule has 1 aromatic heterocycles. The highest BCUT2D eigenvalue weighted by Gasteiger charge is 2.09. The molecule has 0 spiro atoms. The molecule has 1 heterocycles. The number of fused-ring (bicyclic) bond motifs is 1. The van der Waals surface area contributed by atoms with Crippen LogP contribution in [0.2, 0.25) is 0 Å². The summed E-state index contributed by atoms with van der Waals surface area (Å²) in [6, 6.07) is 12.2. The lowest BCUT2D eigenvalue weighted by Gasteiger charge is -2.10. The maximum atomic E-state index is 11.7. The van der Waals surface area contributed by atoms with Crippen molar-refractivity contribution in [2.45, 2.75) is 13.5 Å². The van der Waals surface area contributed by atoms with Crippen molar-refractivity contribution in [1.29, 1.82) is 0 Å². The summed E-state index contributed by atoms with van der Waals surface area (Å²) >= 11 is 0. The minimum absolute atomic E-state index is 0.178. The summed E-state index contributed by atoms with van der Waals surface area (Å²) < 4.78 is 10.3. The SMILES string of the molecule is COc1ccc(NCc2cc(=O)oc3cc(C)c(O)cc23)cc1. The predicted octanol–water partition coefficient (Wildman–Crippen LogP) is 3.43. The van der Waals surface area contributed by atoms with Crippen molar-refractivity contribution in [2.75, 3.05) is 12.4 Å². The molecule has 0 aliphatic rings. The van der Waals surface area contributed by atoms with Gasteiger partial charge in [0, 0.05) is 23.7 Å². The topological polar surface area (TPSA) is 71.7 Å². The van der Waals surface area contributed by atoms with Crippen LogP contribution in [0, 0.1) is 6.92 Å². The van der Waals surface area contributed by atoms with E-state index in [0.29, 0.717) is 23.1 Å². The van der Waals surface area contributed by atoms with Crippen LogP contribution >= 0.6 is 0 Å². The Labute approximate surface area is 133 Å². The van der Waals surface area contributed by atoms with Crippen molar-refractivity contribution >= 4 is 16.7 Å². The van der Waals surface area contributed by atoms with Gasteiger partial charge in [-0.2, -0.15) is 0 Å². The Bertz CT molecular complexity index is 897. The minimum atomic E-state index is -0.408. The molecule has 0 radical (unpaired) electrons. The first kappa shape index (κ1) is 15.0. The van der Waals surface area contributed by atoms with Crippen LogP contribution < -0.4 is 15.7 Å². The van der Waals surface area contributed by atoms with Gasteiger partial charge >= 0.3 is 5.63 Å².